The average Bonchev–Trinajstić information content (AvgIpc) is 2.34. The quantitative estimate of drug-likeness (QED) is 0.640. The molecule has 2 unspecified atom stereocenters. The molecule has 2 N–H and O–H groups in total. The first kappa shape index (κ1) is 15.4. The van der Waals surface area contributed by atoms with Crippen molar-refractivity contribution in [3.05, 3.63) is 0 Å². The number of aliphatic hydroxyl groups excluding tert-OH is 1. The molecular formula is C13H26N2O3. The number of likely N-dealkylation sites (tertiary alicyclic amines) is 1. The van der Waals surface area contributed by atoms with Crippen LogP contribution >= 0.6 is 0 Å². The Morgan fingerprint density at radius 2 is 2.28 bits per heavy atom. The largest absolute Gasteiger partial charge is 0.466 e. The standard InChI is InChI=1S/C13H26N2O3/c1-3-18-13(17)5-4-11-8-12(14-6-7-16)10-15(2)9-11/h11-12,14,16H,3-10H2,1-2H3. The van der Waals surface area contributed by atoms with Crippen LogP contribution in [0.2, 0.25) is 0 Å². The summed E-state index contributed by atoms with van der Waals surface area (Å²) in [7, 11) is 2.10. The van der Waals surface area contributed by atoms with Crippen LogP contribution in [0, 0.1) is 5.92 Å². The molecule has 0 aromatic heterocycles. The molecule has 1 aliphatic heterocycles. The van der Waals surface area contributed by atoms with E-state index in [9.17, 15) is 4.79 Å². The highest BCUT2D eigenvalue weighted by atomic mass is 16.5. The topological polar surface area (TPSA) is 61.8 Å². The molecule has 18 heavy (non-hydrogen) atoms. The number of aliphatic hydroxyl groups is 1. The van der Waals surface area contributed by atoms with E-state index in [1.807, 2.05) is 6.92 Å². The zero-order valence-electron chi connectivity index (χ0n) is 11.5. The van der Waals surface area contributed by atoms with Gasteiger partial charge < -0.3 is 20.1 Å². The first-order valence-corrected chi connectivity index (χ1v) is 6.84. The molecule has 0 bridgehead atoms. The molecule has 0 saturated carbocycles. The van der Waals surface area contributed by atoms with Gasteiger partial charge in [-0.25, -0.2) is 0 Å². The van der Waals surface area contributed by atoms with Gasteiger partial charge >= 0.3 is 5.97 Å². The number of hydrogen-bond donors (Lipinski definition) is 2. The van der Waals surface area contributed by atoms with Gasteiger partial charge in [0.15, 0.2) is 0 Å². The number of likely N-dealkylation sites (N-methyl/N-ethyl adjacent to an activating group) is 1. The highest BCUT2D eigenvalue weighted by Crippen LogP contribution is 2.20. The molecule has 0 aromatic rings. The first-order chi connectivity index (χ1) is 8.65. The van der Waals surface area contributed by atoms with Crippen molar-refractivity contribution in [2.75, 3.05) is 39.9 Å². The number of hydrogen-bond acceptors (Lipinski definition) is 5. The number of carbonyl (C=O) groups excluding carboxylic acids is 1. The molecule has 0 aliphatic carbocycles. The molecule has 1 saturated heterocycles. The number of piperidine rings is 1. The van der Waals surface area contributed by atoms with Crippen molar-refractivity contribution < 1.29 is 14.6 Å². The number of carbonyl (C=O) groups is 1. The summed E-state index contributed by atoms with van der Waals surface area (Å²) in [4.78, 5) is 13.6. The number of ether oxygens (including phenoxy) is 1. The van der Waals surface area contributed by atoms with Crippen LogP contribution in [0.1, 0.15) is 26.2 Å². The molecule has 1 aliphatic rings. The fraction of sp³-hybridized carbons (Fsp3) is 0.923. The van der Waals surface area contributed by atoms with Crippen LogP contribution in [0.5, 0.6) is 0 Å². The lowest BCUT2D eigenvalue weighted by atomic mass is 9.90. The lowest BCUT2D eigenvalue weighted by Crippen LogP contribution is -2.48. The normalized spacial score (nSPS) is 25.1. The fourth-order valence-corrected chi connectivity index (χ4v) is 2.62. The zero-order chi connectivity index (χ0) is 13.4. The average molecular weight is 258 g/mol. The summed E-state index contributed by atoms with van der Waals surface area (Å²) >= 11 is 0. The van der Waals surface area contributed by atoms with E-state index in [0.717, 1.165) is 25.9 Å². The number of nitrogens with one attached hydrogen (secondary N) is 1. The Morgan fingerprint density at radius 1 is 1.50 bits per heavy atom. The van der Waals surface area contributed by atoms with Gasteiger partial charge in [-0.15, -0.1) is 0 Å². The summed E-state index contributed by atoms with van der Waals surface area (Å²) in [6.45, 7) is 5.16. The van der Waals surface area contributed by atoms with E-state index >= 15 is 0 Å². The SMILES string of the molecule is CCOC(=O)CCC1CC(NCCO)CN(C)C1. The van der Waals surface area contributed by atoms with Gasteiger partial charge in [0.2, 0.25) is 0 Å². The van der Waals surface area contributed by atoms with Crippen molar-refractivity contribution in [1.82, 2.24) is 10.2 Å². The minimum absolute atomic E-state index is 0.0920. The van der Waals surface area contributed by atoms with Crippen LogP contribution in [0.25, 0.3) is 0 Å². The minimum Gasteiger partial charge on any atom is -0.466 e. The zero-order valence-corrected chi connectivity index (χ0v) is 11.5. The van der Waals surface area contributed by atoms with Crippen molar-refractivity contribution in [2.24, 2.45) is 5.92 Å². The monoisotopic (exact) mass is 258 g/mol. The molecular weight excluding hydrogens is 232 g/mol. The van der Waals surface area contributed by atoms with E-state index in [1.165, 1.54) is 0 Å². The van der Waals surface area contributed by atoms with Crippen LogP contribution in [-0.2, 0) is 9.53 Å². The van der Waals surface area contributed by atoms with Gasteiger partial charge in [-0.3, -0.25) is 4.79 Å². The molecule has 0 radical (unpaired) electrons. The predicted molar refractivity (Wildman–Crippen MR) is 70.3 cm³/mol. The van der Waals surface area contributed by atoms with Gasteiger partial charge in [-0.2, -0.15) is 0 Å². The second-order valence-corrected chi connectivity index (χ2v) is 5.04. The van der Waals surface area contributed by atoms with Crippen LogP contribution in [0.4, 0.5) is 0 Å². The van der Waals surface area contributed by atoms with Gasteiger partial charge in [-0.05, 0) is 32.7 Å². The second kappa shape index (κ2) is 8.45. The fourth-order valence-electron chi connectivity index (χ4n) is 2.62. The highest BCUT2D eigenvalue weighted by molar-refractivity contribution is 5.69. The molecule has 1 heterocycles. The summed E-state index contributed by atoms with van der Waals surface area (Å²) in [6.07, 6.45) is 2.48. The summed E-state index contributed by atoms with van der Waals surface area (Å²) in [5, 5.41) is 12.2. The summed E-state index contributed by atoms with van der Waals surface area (Å²) in [5.74, 6) is 0.440. The highest BCUT2D eigenvalue weighted by Gasteiger charge is 2.25. The van der Waals surface area contributed by atoms with Crippen LogP contribution in [0.3, 0.4) is 0 Å². The van der Waals surface area contributed by atoms with Gasteiger partial charge in [0.05, 0.1) is 13.2 Å². The van der Waals surface area contributed by atoms with E-state index in [4.69, 9.17) is 9.84 Å². The molecule has 1 fully saturated rings. The molecule has 0 aromatic carbocycles. The maximum atomic E-state index is 11.3. The number of esters is 1. The molecule has 5 heteroatoms. The van der Waals surface area contributed by atoms with Gasteiger partial charge in [0, 0.05) is 32.1 Å². The summed E-state index contributed by atoms with van der Waals surface area (Å²) in [6, 6.07) is 0.420. The van der Waals surface area contributed by atoms with Crippen molar-refractivity contribution in [3.8, 4) is 0 Å². The Morgan fingerprint density at radius 3 is 2.94 bits per heavy atom. The molecule has 106 valence electrons. The van der Waals surface area contributed by atoms with Crippen LogP contribution in [-0.4, -0.2) is 61.9 Å². The molecule has 0 amide bonds. The minimum atomic E-state index is -0.0920. The van der Waals surface area contributed by atoms with Crippen molar-refractivity contribution >= 4 is 5.97 Å². The Balaban J connectivity index is 2.29. The third-order valence-electron chi connectivity index (χ3n) is 3.33. The Bertz CT molecular complexity index is 248. The lowest BCUT2D eigenvalue weighted by molar-refractivity contribution is -0.143. The van der Waals surface area contributed by atoms with Crippen molar-refractivity contribution in [2.45, 2.75) is 32.2 Å². The van der Waals surface area contributed by atoms with Gasteiger partial charge in [0.1, 0.15) is 0 Å². The maximum absolute atomic E-state index is 11.3. The van der Waals surface area contributed by atoms with Gasteiger partial charge in [-0.1, -0.05) is 0 Å². The molecule has 5 nitrogen and oxygen atoms in total. The molecule has 1 rings (SSSR count). The van der Waals surface area contributed by atoms with E-state index in [-0.39, 0.29) is 12.6 Å². The summed E-state index contributed by atoms with van der Waals surface area (Å²) in [5.41, 5.74) is 0. The van der Waals surface area contributed by atoms with Crippen LogP contribution < -0.4 is 5.32 Å². The Hall–Kier alpha value is -0.650. The van der Waals surface area contributed by atoms with Crippen molar-refractivity contribution in [3.63, 3.8) is 0 Å². The first-order valence-electron chi connectivity index (χ1n) is 6.84. The lowest BCUT2D eigenvalue weighted by Gasteiger charge is -2.36. The third kappa shape index (κ3) is 5.80. The Labute approximate surface area is 109 Å². The molecule has 2 atom stereocenters. The third-order valence-corrected chi connectivity index (χ3v) is 3.33. The number of rotatable bonds is 7. The predicted octanol–water partition coefficient (Wildman–Crippen LogP) is 0.232. The van der Waals surface area contributed by atoms with E-state index in [1.54, 1.807) is 0 Å². The molecule has 0 spiro atoms. The smallest absolute Gasteiger partial charge is 0.305 e. The van der Waals surface area contributed by atoms with Crippen LogP contribution in [0.15, 0.2) is 0 Å². The van der Waals surface area contributed by atoms with Gasteiger partial charge in [0.25, 0.3) is 0 Å². The number of nitrogens with zero attached hydrogens (tertiary/aromatic N) is 1. The Kier molecular flexibility index (Phi) is 7.23. The van der Waals surface area contributed by atoms with E-state index in [2.05, 4.69) is 17.3 Å². The second-order valence-electron chi connectivity index (χ2n) is 5.04. The van der Waals surface area contributed by atoms with E-state index in [0.29, 0.717) is 31.5 Å². The summed E-state index contributed by atoms with van der Waals surface area (Å²) < 4.78 is 4.95. The maximum Gasteiger partial charge on any atom is 0.305 e. The van der Waals surface area contributed by atoms with Crippen molar-refractivity contribution in [1.29, 1.82) is 0 Å². The van der Waals surface area contributed by atoms with E-state index < -0.39 is 0 Å².